The predicted molar refractivity (Wildman–Crippen MR) is 83.2 cm³/mol. The highest BCUT2D eigenvalue weighted by Gasteiger charge is 2.37. The van der Waals surface area contributed by atoms with Crippen LogP contribution >= 0.6 is 11.6 Å². The van der Waals surface area contributed by atoms with E-state index in [0.29, 0.717) is 6.42 Å². The summed E-state index contributed by atoms with van der Waals surface area (Å²) in [6.45, 7) is 1.63. The number of halogens is 1. The standard InChI is InChI=1S/C12H16ClN7O4/c1-12(22,6-19-5-9(20(23)24)17-11(19)13)3-7-2-8(4-15-18-14)16-10(7)21/h5,7-8,22H,2-4,6H2,1H3,(H,16,21). The van der Waals surface area contributed by atoms with Crippen molar-refractivity contribution in [3.8, 4) is 0 Å². The fraction of sp³-hybridized carbons (Fsp3) is 0.667. The van der Waals surface area contributed by atoms with Crippen molar-refractivity contribution in [3.05, 3.63) is 32.0 Å². The smallest absolute Gasteiger partial charge is 0.383 e. The maximum atomic E-state index is 11.9. The molecule has 0 aromatic carbocycles. The topological polar surface area (TPSA) is 159 Å². The lowest BCUT2D eigenvalue weighted by Gasteiger charge is -2.25. The maximum absolute atomic E-state index is 11.9. The van der Waals surface area contributed by atoms with E-state index >= 15 is 0 Å². The largest absolute Gasteiger partial charge is 0.388 e. The summed E-state index contributed by atoms with van der Waals surface area (Å²) in [6.07, 6.45) is 1.70. The van der Waals surface area contributed by atoms with Crippen molar-refractivity contribution in [2.45, 2.75) is 38.0 Å². The molecule has 0 radical (unpaired) electrons. The molecule has 2 rings (SSSR count). The van der Waals surface area contributed by atoms with Crippen molar-refractivity contribution in [2.75, 3.05) is 6.54 Å². The fourth-order valence-corrected chi connectivity index (χ4v) is 3.00. The molecule has 1 aliphatic heterocycles. The molecule has 1 fully saturated rings. The SMILES string of the molecule is CC(O)(CC1CC(CN=[N+]=[N-])NC1=O)Cn1cc([N+](=O)[O-])nc1Cl. The van der Waals surface area contributed by atoms with Gasteiger partial charge >= 0.3 is 11.1 Å². The molecule has 2 heterocycles. The van der Waals surface area contributed by atoms with Crippen molar-refractivity contribution in [1.29, 1.82) is 0 Å². The van der Waals surface area contributed by atoms with Gasteiger partial charge in [0.15, 0.2) is 0 Å². The van der Waals surface area contributed by atoms with E-state index in [1.54, 1.807) is 0 Å². The molecule has 24 heavy (non-hydrogen) atoms. The Morgan fingerprint density at radius 3 is 3.04 bits per heavy atom. The van der Waals surface area contributed by atoms with Gasteiger partial charge in [0.25, 0.3) is 0 Å². The average molecular weight is 358 g/mol. The van der Waals surface area contributed by atoms with Crippen LogP contribution in [0.4, 0.5) is 5.82 Å². The molecule has 130 valence electrons. The highest BCUT2D eigenvalue weighted by Crippen LogP contribution is 2.28. The summed E-state index contributed by atoms with van der Waals surface area (Å²) in [7, 11) is 0. The highest BCUT2D eigenvalue weighted by atomic mass is 35.5. The Kier molecular flexibility index (Phi) is 5.27. The number of hydrogen-bond acceptors (Lipinski definition) is 6. The van der Waals surface area contributed by atoms with Gasteiger partial charge in [0.1, 0.15) is 6.20 Å². The van der Waals surface area contributed by atoms with Gasteiger partial charge in [-0.1, -0.05) is 5.11 Å². The minimum absolute atomic E-state index is 0.0442. The van der Waals surface area contributed by atoms with E-state index in [4.69, 9.17) is 17.1 Å². The van der Waals surface area contributed by atoms with Crippen LogP contribution in [0.1, 0.15) is 19.8 Å². The zero-order valence-corrected chi connectivity index (χ0v) is 13.5. The van der Waals surface area contributed by atoms with Crippen LogP contribution in [0.5, 0.6) is 0 Å². The van der Waals surface area contributed by atoms with Crippen LogP contribution in [0.25, 0.3) is 10.4 Å². The van der Waals surface area contributed by atoms with E-state index < -0.39 is 22.3 Å². The zero-order valence-electron chi connectivity index (χ0n) is 12.8. The number of nitro groups is 1. The van der Waals surface area contributed by atoms with Crippen molar-refractivity contribution in [2.24, 2.45) is 11.0 Å². The quantitative estimate of drug-likeness (QED) is 0.247. The lowest BCUT2D eigenvalue weighted by molar-refractivity contribution is -0.389. The van der Waals surface area contributed by atoms with Crippen LogP contribution < -0.4 is 5.32 Å². The number of hydrogen-bond donors (Lipinski definition) is 2. The van der Waals surface area contributed by atoms with Gasteiger partial charge in [-0.3, -0.25) is 9.36 Å². The van der Waals surface area contributed by atoms with Gasteiger partial charge in [-0.15, -0.1) is 0 Å². The Balaban J connectivity index is 2.02. The van der Waals surface area contributed by atoms with Gasteiger partial charge in [0.2, 0.25) is 5.91 Å². The number of rotatable bonds is 7. The Morgan fingerprint density at radius 1 is 1.75 bits per heavy atom. The molecule has 0 aliphatic carbocycles. The third-order valence-corrected chi connectivity index (χ3v) is 4.05. The minimum atomic E-state index is -1.33. The molecule has 0 spiro atoms. The van der Waals surface area contributed by atoms with Crippen LogP contribution in [0.3, 0.4) is 0 Å². The van der Waals surface area contributed by atoms with Crippen LogP contribution in [-0.4, -0.2) is 43.7 Å². The number of carbonyl (C=O) groups excluding carboxylic acids is 1. The van der Waals surface area contributed by atoms with Crippen molar-refractivity contribution in [1.82, 2.24) is 14.9 Å². The molecular formula is C12H16ClN7O4. The van der Waals surface area contributed by atoms with Crippen LogP contribution in [0.15, 0.2) is 11.3 Å². The van der Waals surface area contributed by atoms with Gasteiger partial charge in [0, 0.05) is 23.4 Å². The maximum Gasteiger partial charge on any atom is 0.383 e. The van der Waals surface area contributed by atoms with Crippen LogP contribution in [0.2, 0.25) is 5.28 Å². The van der Waals surface area contributed by atoms with E-state index in [1.807, 2.05) is 0 Å². The third-order valence-electron chi connectivity index (χ3n) is 3.75. The Hall–Kier alpha value is -2.36. The number of carbonyl (C=O) groups is 1. The van der Waals surface area contributed by atoms with Crippen molar-refractivity contribution < 1.29 is 14.8 Å². The van der Waals surface area contributed by atoms with Crippen LogP contribution in [-0.2, 0) is 11.3 Å². The van der Waals surface area contributed by atoms with Crippen LogP contribution in [0, 0.1) is 16.0 Å². The summed E-state index contributed by atoms with van der Waals surface area (Å²) >= 11 is 5.83. The Bertz CT molecular complexity index is 698. The van der Waals surface area contributed by atoms with E-state index in [9.17, 15) is 20.0 Å². The summed E-state index contributed by atoms with van der Waals surface area (Å²) < 4.78 is 1.27. The van der Waals surface area contributed by atoms with Gasteiger partial charge in [-0.25, -0.2) is 0 Å². The molecule has 1 aromatic heterocycles. The molecule has 1 aromatic rings. The normalized spacial score (nSPS) is 22.5. The number of nitrogens with zero attached hydrogens (tertiary/aromatic N) is 6. The molecule has 1 saturated heterocycles. The first-order valence-electron chi connectivity index (χ1n) is 7.12. The van der Waals surface area contributed by atoms with Crippen molar-refractivity contribution in [3.63, 3.8) is 0 Å². The highest BCUT2D eigenvalue weighted by molar-refractivity contribution is 6.28. The van der Waals surface area contributed by atoms with E-state index in [0.717, 1.165) is 6.20 Å². The average Bonchev–Trinajstić information content (AvgIpc) is 3.00. The first kappa shape index (κ1) is 18.0. The molecule has 3 atom stereocenters. The first-order valence-corrected chi connectivity index (χ1v) is 7.50. The second kappa shape index (κ2) is 7.04. The molecule has 1 amide bonds. The van der Waals surface area contributed by atoms with E-state index in [2.05, 4.69) is 20.3 Å². The molecule has 2 N–H and O–H groups in total. The molecule has 0 bridgehead atoms. The lowest BCUT2D eigenvalue weighted by atomic mass is 9.89. The summed E-state index contributed by atoms with van der Waals surface area (Å²) in [6, 6.07) is -0.257. The Labute approximate surface area is 141 Å². The van der Waals surface area contributed by atoms with Gasteiger partial charge < -0.3 is 20.5 Å². The summed E-state index contributed by atoms with van der Waals surface area (Å²) in [4.78, 5) is 28.2. The molecule has 1 aliphatic rings. The molecular weight excluding hydrogens is 342 g/mol. The van der Waals surface area contributed by atoms with Crippen molar-refractivity contribution >= 4 is 23.3 Å². The second-order valence-electron chi connectivity index (χ2n) is 6.01. The van der Waals surface area contributed by atoms with E-state index in [1.165, 1.54) is 11.5 Å². The number of azide groups is 1. The van der Waals surface area contributed by atoms with E-state index in [-0.39, 0.29) is 36.7 Å². The number of aliphatic hydroxyl groups is 1. The molecule has 11 nitrogen and oxygen atoms in total. The summed E-state index contributed by atoms with van der Waals surface area (Å²) in [5.74, 6) is -1.09. The third kappa shape index (κ3) is 4.34. The molecule has 12 heteroatoms. The summed E-state index contributed by atoms with van der Waals surface area (Å²) in [5, 5.41) is 27.3. The predicted octanol–water partition coefficient (Wildman–Crippen LogP) is 1.40. The fourth-order valence-electron chi connectivity index (χ4n) is 2.80. The first-order chi connectivity index (χ1) is 11.2. The molecule has 3 unspecified atom stereocenters. The minimum Gasteiger partial charge on any atom is -0.388 e. The van der Waals surface area contributed by atoms with Gasteiger partial charge in [-0.05, 0) is 46.8 Å². The monoisotopic (exact) mass is 357 g/mol. The number of nitrogens with one attached hydrogen (secondary N) is 1. The molecule has 0 saturated carbocycles. The number of amides is 1. The van der Waals surface area contributed by atoms with Gasteiger partial charge in [0.05, 0.1) is 12.1 Å². The zero-order chi connectivity index (χ0) is 17.9. The number of aromatic nitrogens is 2. The number of imidazole rings is 1. The Morgan fingerprint density at radius 2 is 2.46 bits per heavy atom. The lowest BCUT2D eigenvalue weighted by Crippen LogP contribution is -2.35. The van der Waals surface area contributed by atoms with Gasteiger partial charge in [-0.2, -0.15) is 0 Å². The second-order valence-corrected chi connectivity index (χ2v) is 6.34. The summed E-state index contributed by atoms with van der Waals surface area (Å²) in [5.41, 5.74) is 6.99.